The molecule has 4 rings (SSSR count). The zero-order chi connectivity index (χ0) is 21.3. The Bertz CT molecular complexity index is 1170. The van der Waals surface area contributed by atoms with Crippen LogP contribution in [0, 0.1) is 13.8 Å². The topological polar surface area (TPSA) is 90.4 Å². The van der Waals surface area contributed by atoms with E-state index >= 15 is 0 Å². The quantitative estimate of drug-likeness (QED) is 0.500. The van der Waals surface area contributed by atoms with Gasteiger partial charge in [-0.2, -0.15) is 0 Å². The van der Waals surface area contributed by atoms with Crippen LogP contribution < -0.4 is 5.43 Å². The minimum Gasteiger partial charge on any atom is -0.453 e. The van der Waals surface area contributed by atoms with Crippen LogP contribution in [0.2, 0.25) is 0 Å². The minimum absolute atomic E-state index is 0.0235. The number of aromatic nitrogens is 2. The number of benzene rings is 1. The molecule has 0 saturated carbocycles. The van der Waals surface area contributed by atoms with Crippen molar-refractivity contribution in [3.63, 3.8) is 0 Å². The number of carbonyl (C=O) groups excluding carboxylic acids is 2. The lowest BCUT2D eigenvalue weighted by Gasteiger charge is -2.14. The summed E-state index contributed by atoms with van der Waals surface area (Å²) in [5, 5.41) is 0.490. The summed E-state index contributed by atoms with van der Waals surface area (Å²) >= 11 is 0. The van der Waals surface area contributed by atoms with Gasteiger partial charge in [-0.3, -0.25) is 9.59 Å². The van der Waals surface area contributed by atoms with E-state index in [0.29, 0.717) is 23.0 Å². The third-order valence-corrected chi connectivity index (χ3v) is 5.58. The standard InChI is InChI=1S/C23H24N2O5/c1-14-10-18(15(2)25(14)12-16-6-5-9-29-16)22(27)13-30-23(28)20-11-21(26)17-7-3-4-8-19(17)24-20/h3-4,7-8,10-11,16H,5-6,9,12-13H2,1-2H3,(H,24,26)/t16-/m1/s1. The highest BCUT2D eigenvalue weighted by Crippen LogP contribution is 2.21. The molecule has 0 amide bonds. The van der Waals surface area contributed by atoms with E-state index in [-0.39, 0.29) is 23.0 Å². The number of esters is 1. The Morgan fingerprint density at radius 2 is 2.03 bits per heavy atom. The number of Topliss-reactive ketones (excluding diaryl/α,β-unsaturated/α-hetero) is 1. The molecule has 7 nitrogen and oxygen atoms in total. The fourth-order valence-electron chi connectivity index (χ4n) is 3.95. The average molecular weight is 408 g/mol. The molecule has 0 unspecified atom stereocenters. The smallest absolute Gasteiger partial charge is 0.355 e. The lowest BCUT2D eigenvalue weighted by molar-refractivity contribution is 0.0469. The molecule has 156 valence electrons. The van der Waals surface area contributed by atoms with Crippen molar-refractivity contribution in [2.75, 3.05) is 13.2 Å². The molecule has 3 heterocycles. The largest absolute Gasteiger partial charge is 0.453 e. The van der Waals surface area contributed by atoms with Crippen LogP contribution in [0.5, 0.6) is 0 Å². The van der Waals surface area contributed by atoms with Crippen molar-refractivity contribution in [2.45, 2.75) is 39.3 Å². The van der Waals surface area contributed by atoms with Gasteiger partial charge in [0.05, 0.1) is 6.10 Å². The van der Waals surface area contributed by atoms with Gasteiger partial charge in [-0.25, -0.2) is 4.79 Å². The van der Waals surface area contributed by atoms with Crippen LogP contribution in [0.25, 0.3) is 10.9 Å². The van der Waals surface area contributed by atoms with E-state index in [1.807, 2.05) is 19.9 Å². The number of nitrogens with zero attached hydrogens (tertiary/aromatic N) is 1. The van der Waals surface area contributed by atoms with Crippen molar-refractivity contribution in [2.24, 2.45) is 0 Å². The number of hydrogen-bond donors (Lipinski definition) is 1. The molecule has 0 aliphatic carbocycles. The average Bonchev–Trinajstić information content (AvgIpc) is 3.35. The predicted molar refractivity (Wildman–Crippen MR) is 112 cm³/mol. The van der Waals surface area contributed by atoms with Crippen LogP contribution in [0.3, 0.4) is 0 Å². The van der Waals surface area contributed by atoms with Gasteiger partial charge in [0.2, 0.25) is 5.78 Å². The normalized spacial score (nSPS) is 16.1. The van der Waals surface area contributed by atoms with E-state index in [1.54, 1.807) is 24.3 Å². The number of nitrogens with one attached hydrogen (secondary N) is 1. The van der Waals surface area contributed by atoms with Crippen LogP contribution in [0.1, 0.15) is 45.1 Å². The van der Waals surface area contributed by atoms with Crippen LogP contribution in [-0.4, -0.2) is 40.6 Å². The third-order valence-electron chi connectivity index (χ3n) is 5.58. The van der Waals surface area contributed by atoms with Gasteiger partial charge in [0.15, 0.2) is 12.0 Å². The summed E-state index contributed by atoms with van der Waals surface area (Å²) in [7, 11) is 0. The van der Waals surface area contributed by atoms with Gasteiger partial charge in [-0.15, -0.1) is 0 Å². The Kier molecular flexibility index (Phi) is 5.55. The number of pyridine rings is 1. The Hall–Kier alpha value is -3.19. The summed E-state index contributed by atoms with van der Waals surface area (Å²) in [5.74, 6) is -1.02. The molecule has 3 aromatic rings. The molecule has 7 heteroatoms. The van der Waals surface area contributed by atoms with Gasteiger partial charge in [0.25, 0.3) is 0 Å². The van der Waals surface area contributed by atoms with Crippen molar-refractivity contribution >= 4 is 22.7 Å². The fraction of sp³-hybridized carbons (Fsp3) is 0.348. The van der Waals surface area contributed by atoms with Gasteiger partial charge in [0, 0.05) is 47.1 Å². The van der Waals surface area contributed by atoms with Crippen molar-refractivity contribution in [3.05, 3.63) is 69.3 Å². The van der Waals surface area contributed by atoms with Gasteiger partial charge in [-0.05, 0) is 44.9 Å². The van der Waals surface area contributed by atoms with Crippen molar-refractivity contribution < 1.29 is 19.1 Å². The minimum atomic E-state index is -0.737. The maximum absolute atomic E-state index is 12.7. The maximum Gasteiger partial charge on any atom is 0.355 e. The number of rotatable bonds is 6. The van der Waals surface area contributed by atoms with Gasteiger partial charge in [-0.1, -0.05) is 12.1 Å². The highest BCUT2D eigenvalue weighted by atomic mass is 16.5. The third kappa shape index (κ3) is 3.93. The predicted octanol–water partition coefficient (Wildman–Crippen LogP) is 3.17. The lowest BCUT2D eigenvalue weighted by Crippen LogP contribution is -2.19. The second-order valence-electron chi connectivity index (χ2n) is 7.62. The molecule has 1 atom stereocenters. The monoisotopic (exact) mass is 408 g/mol. The zero-order valence-electron chi connectivity index (χ0n) is 17.1. The number of ether oxygens (including phenoxy) is 2. The highest BCUT2D eigenvalue weighted by Gasteiger charge is 2.22. The second-order valence-corrected chi connectivity index (χ2v) is 7.62. The molecule has 1 fully saturated rings. The molecule has 1 aromatic carbocycles. The SMILES string of the molecule is Cc1cc(C(=O)COC(=O)c2cc(=O)c3ccccc3[nH]2)c(C)n1C[C@H]1CCCO1. The molecular formula is C23H24N2O5. The van der Waals surface area contributed by atoms with E-state index in [2.05, 4.69) is 9.55 Å². The number of carbonyl (C=O) groups is 2. The molecule has 0 radical (unpaired) electrons. The Labute approximate surface area is 173 Å². The number of aromatic amines is 1. The number of hydrogen-bond acceptors (Lipinski definition) is 5. The van der Waals surface area contributed by atoms with Crippen molar-refractivity contribution in [1.29, 1.82) is 0 Å². The second kappa shape index (κ2) is 8.28. The van der Waals surface area contributed by atoms with E-state index in [1.165, 1.54) is 6.07 Å². The lowest BCUT2D eigenvalue weighted by atomic mass is 10.1. The Morgan fingerprint density at radius 1 is 1.23 bits per heavy atom. The summed E-state index contributed by atoms with van der Waals surface area (Å²) in [5.41, 5.74) is 2.63. The van der Waals surface area contributed by atoms with Crippen LogP contribution in [-0.2, 0) is 16.0 Å². The summed E-state index contributed by atoms with van der Waals surface area (Å²) < 4.78 is 13.0. The molecule has 2 aromatic heterocycles. The molecule has 1 aliphatic heterocycles. The first-order chi connectivity index (χ1) is 14.4. The molecule has 1 N–H and O–H groups in total. The molecular weight excluding hydrogens is 384 g/mol. The molecule has 30 heavy (non-hydrogen) atoms. The maximum atomic E-state index is 12.7. The van der Waals surface area contributed by atoms with Gasteiger partial charge < -0.3 is 19.0 Å². The van der Waals surface area contributed by atoms with Gasteiger partial charge >= 0.3 is 5.97 Å². The fourth-order valence-corrected chi connectivity index (χ4v) is 3.95. The molecule has 0 spiro atoms. The van der Waals surface area contributed by atoms with E-state index in [4.69, 9.17) is 9.47 Å². The van der Waals surface area contributed by atoms with E-state index in [9.17, 15) is 14.4 Å². The molecule has 0 bridgehead atoms. The number of ketones is 1. The van der Waals surface area contributed by atoms with E-state index in [0.717, 1.165) is 30.8 Å². The summed E-state index contributed by atoms with van der Waals surface area (Å²) in [4.78, 5) is 40.2. The van der Waals surface area contributed by atoms with Gasteiger partial charge in [0.1, 0.15) is 5.69 Å². The van der Waals surface area contributed by atoms with Crippen LogP contribution in [0.4, 0.5) is 0 Å². The van der Waals surface area contributed by atoms with Crippen molar-refractivity contribution in [3.8, 4) is 0 Å². The summed E-state index contributed by atoms with van der Waals surface area (Å²) in [6, 6.07) is 9.93. The molecule has 1 aliphatic rings. The van der Waals surface area contributed by atoms with E-state index < -0.39 is 12.6 Å². The van der Waals surface area contributed by atoms with Crippen LogP contribution in [0.15, 0.2) is 41.2 Å². The van der Waals surface area contributed by atoms with Crippen molar-refractivity contribution in [1.82, 2.24) is 9.55 Å². The summed E-state index contributed by atoms with van der Waals surface area (Å²) in [6.07, 6.45) is 2.24. The number of aryl methyl sites for hydroxylation is 1. The summed E-state index contributed by atoms with van der Waals surface area (Å²) in [6.45, 7) is 4.94. The zero-order valence-corrected chi connectivity index (χ0v) is 17.1. The Balaban J connectivity index is 1.46. The number of H-pyrrole nitrogens is 1. The first kappa shape index (κ1) is 20.1. The number of fused-ring (bicyclic) bond motifs is 1. The molecule has 1 saturated heterocycles. The first-order valence-corrected chi connectivity index (χ1v) is 10.0. The van der Waals surface area contributed by atoms with Crippen LogP contribution >= 0.6 is 0 Å². The first-order valence-electron chi connectivity index (χ1n) is 10.0. The highest BCUT2D eigenvalue weighted by molar-refractivity contribution is 6.00. The number of para-hydroxylation sites is 1. The Morgan fingerprint density at radius 3 is 2.80 bits per heavy atom.